The average Bonchev–Trinajstić information content (AvgIpc) is 2.29. The van der Waals surface area contributed by atoms with E-state index in [1.54, 1.807) is 13.1 Å². The Morgan fingerprint density at radius 2 is 2.25 bits per heavy atom. The molecule has 0 heterocycles. The van der Waals surface area contributed by atoms with Crippen LogP contribution in [-0.4, -0.2) is 13.1 Å². The summed E-state index contributed by atoms with van der Waals surface area (Å²) >= 11 is 0. The van der Waals surface area contributed by atoms with Gasteiger partial charge in [0.15, 0.2) is 0 Å². The molecule has 3 heteroatoms. The molecule has 0 spiro atoms. The van der Waals surface area contributed by atoms with Crippen LogP contribution in [0.4, 0.5) is 4.79 Å². The fourth-order valence-corrected chi connectivity index (χ4v) is 1.64. The zero-order valence-electron chi connectivity index (χ0n) is 10.1. The lowest BCUT2D eigenvalue weighted by atomic mass is 9.96. The molecule has 16 heavy (non-hydrogen) atoms. The van der Waals surface area contributed by atoms with Gasteiger partial charge in [0, 0.05) is 7.05 Å². The molecule has 0 saturated carbocycles. The van der Waals surface area contributed by atoms with Crippen molar-refractivity contribution in [3.63, 3.8) is 0 Å². The molecule has 1 rings (SSSR count). The van der Waals surface area contributed by atoms with Gasteiger partial charge in [-0.3, -0.25) is 0 Å². The van der Waals surface area contributed by atoms with Crippen molar-refractivity contribution >= 4 is 6.09 Å². The average molecular weight is 221 g/mol. The van der Waals surface area contributed by atoms with Gasteiger partial charge in [-0.15, -0.1) is 0 Å². The van der Waals surface area contributed by atoms with Crippen molar-refractivity contribution in [3.8, 4) is 5.75 Å². The van der Waals surface area contributed by atoms with Gasteiger partial charge in [0.1, 0.15) is 5.75 Å². The van der Waals surface area contributed by atoms with Gasteiger partial charge in [0.05, 0.1) is 0 Å². The Morgan fingerprint density at radius 1 is 1.50 bits per heavy atom. The maximum absolute atomic E-state index is 11.1. The molecule has 88 valence electrons. The maximum Gasteiger partial charge on any atom is 0.412 e. The maximum atomic E-state index is 11.1. The molecule has 0 saturated heterocycles. The molecule has 0 aromatic heterocycles. The summed E-state index contributed by atoms with van der Waals surface area (Å²) in [5, 5.41) is 2.43. The highest BCUT2D eigenvalue weighted by Crippen LogP contribution is 2.24. The number of nitrogens with one attached hydrogen (secondary N) is 1. The number of hydrogen-bond donors (Lipinski definition) is 1. The van der Waals surface area contributed by atoms with Gasteiger partial charge in [-0.25, -0.2) is 4.79 Å². The molecule has 1 aromatic carbocycles. The Bertz CT molecular complexity index is 350. The van der Waals surface area contributed by atoms with Crippen LogP contribution in [0.3, 0.4) is 0 Å². The molecular weight excluding hydrogens is 202 g/mol. The molecule has 0 aliphatic heterocycles. The summed E-state index contributed by atoms with van der Waals surface area (Å²) < 4.78 is 5.08. The van der Waals surface area contributed by atoms with E-state index in [4.69, 9.17) is 4.74 Å². The second kappa shape index (κ2) is 6.16. The second-order valence-electron chi connectivity index (χ2n) is 3.90. The minimum atomic E-state index is -0.430. The molecule has 1 aromatic rings. The van der Waals surface area contributed by atoms with Crippen molar-refractivity contribution in [3.05, 3.63) is 29.8 Å². The van der Waals surface area contributed by atoms with E-state index in [-0.39, 0.29) is 0 Å². The normalized spacial score (nSPS) is 11.9. The summed E-state index contributed by atoms with van der Waals surface area (Å²) in [6, 6.07) is 7.70. The fourth-order valence-electron chi connectivity index (χ4n) is 1.64. The topological polar surface area (TPSA) is 38.3 Å². The lowest BCUT2D eigenvalue weighted by molar-refractivity contribution is 0.203. The molecule has 1 atom stereocenters. The molecule has 0 radical (unpaired) electrons. The van der Waals surface area contributed by atoms with E-state index in [9.17, 15) is 4.79 Å². The first kappa shape index (κ1) is 12.6. The van der Waals surface area contributed by atoms with Crippen LogP contribution in [0, 0.1) is 0 Å². The first-order valence-corrected chi connectivity index (χ1v) is 5.67. The smallest absolute Gasteiger partial charge is 0.410 e. The summed E-state index contributed by atoms with van der Waals surface area (Å²) in [7, 11) is 1.55. The predicted octanol–water partition coefficient (Wildman–Crippen LogP) is 3.31. The Balaban J connectivity index is 2.74. The highest BCUT2D eigenvalue weighted by molar-refractivity contribution is 5.69. The lowest BCUT2D eigenvalue weighted by Gasteiger charge is -2.11. The molecule has 0 aliphatic carbocycles. The van der Waals surface area contributed by atoms with Crippen LogP contribution in [0.5, 0.6) is 5.75 Å². The van der Waals surface area contributed by atoms with Gasteiger partial charge in [0.25, 0.3) is 0 Å². The zero-order valence-corrected chi connectivity index (χ0v) is 10.1. The van der Waals surface area contributed by atoms with Crippen LogP contribution < -0.4 is 10.1 Å². The van der Waals surface area contributed by atoms with Gasteiger partial charge >= 0.3 is 6.09 Å². The van der Waals surface area contributed by atoms with Crippen molar-refractivity contribution in [1.82, 2.24) is 5.32 Å². The summed E-state index contributed by atoms with van der Waals surface area (Å²) in [6.45, 7) is 4.35. The minimum Gasteiger partial charge on any atom is -0.410 e. The third-order valence-electron chi connectivity index (χ3n) is 2.56. The SMILES string of the molecule is CCC[C@@H](C)c1cccc(OC(=O)NC)c1. The van der Waals surface area contributed by atoms with Crippen LogP contribution in [0.15, 0.2) is 24.3 Å². The van der Waals surface area contributed by atoms with E-state index >= 15 is 0 Å². The second-order valence-corrected chi connectivity index (χ2v) is 3.90. The number of carbonyl (C=O) groups is 1. The molecule has 3 nitrogen and oxygen atoms in total. The Labute approximate surface area is 96.8 Å². The quantitative estimate of drug-likeness (QED) is 0.847. The van der Waals surface area contributed by atoms with Crippen molar-refractivity contribution in [2.24, 2.45) is 0 Å². The molecule has 0 aliphatic rings. The van der Waals surface area contributed by atoms with Gasteiger partial charge in [-0.05, 0) is 30.0 Å². The number of hydrogen-bond acceptors (Lipinski definition) is 2. The summed E-state index contributed by atoms with van der Waals surface area (Å²) in [4.78, 5) is 11.1. The lowest BCUT2D eigenvalue weighted by Crippen LogP contribution is -2.22. The minimum absolute atomic E-state index is 0.430. The van der Waals surface area contributed by atoms with E-state index in [1.807, 2.05) is 12.1 Å². The van der Waals surface area contributed by atoms with Gasteiger partial charge in [0.2, 0.25) is 0 Å². The first-order chi connectivity index (χ1) is 7.67. The summed E-state index contributed by atoms with van der Waals surface area (Å²) in [5.41, 5.74) is 1.21. The van der Waals surface area contributed by atoms with Gasteiger partial charge in [-0.1, -0.05) is 32.4 Å². The predicted molar refractivity (Wildman–Crippen MR) is 64.8 cm³/mol. The number of benzene rings is 1. The first-order valence-electron chi connectivity index (χ1n) is 5.67. The van der Waals surface area contributed by atoms with E-state index in [0.717, 1.165) is 12.8 Å². The number of carbonyl (C=O) groups excluding carboxylic acids is 1. The number of ether oxygens (including phenoxy) is 1. The van der Waals surface area contributed by atoms with Crippen LogP contribution in [0.1, 0.15) is 38.2 Å². The largest absolute Gasteiger partial charge is 0.412 e. The van der Waals surface area contributed by atoms with Crippen molar-refractivity contribution < 1.29 is 9.53 Å². The summed E-state index contributed by atoms with van der Waals surface area (Å²) in [5.74, 6) is 1.10. The van der Waals surface area contributed by atoms with Crippen molar-refractivity contribution in [2.75, 3.05) is 7.05 Å². The standard InChI is InChI=1S/C13H19NO2/c1-4-6-10(2)11-7-5-8-12(9-11)16-13(15)14-3/h5,7-10H,4,6H2,1-3H3,(H,14,15)/t10-/m1/s1. The molecule has 1 N–H and O–H groups in total. The monoisotopic (exact) mass is 221 g/mol. The van der Waals surface area contributed by atoms with Gasteiger partial charge in [-0.2, -0.15) is 0 Å². The molecule has 0 fully saturated rings. The van der Waals surface area contributed by atoms with E-state index in [2.05, 4.69) is 25.2 Å². The molecule has 0 bridgehead atoms. The van der Waals surface area contributed by atoms with Crippen LogP contribution in [-0.2, 0) is 0 Å². The highest BCUT2D eigenvalue weighted by Gasteiger charge is 2.07. The third kappa shape index (κ3) is 3.57. The van der Waals surface area contributed by atoms with Crippen LogP contribution >= 0.6 is 0 Å². The van der Waals surface area contributed by atoms with Gasteiger partial charge < -0.3 is 10.1 Å². The van der Waals surface area contributed by atoms with Crippen LogP contribution in [0.25, 0.3) is 0 Å². The third-order valence-corrected chi connectivity index (χ3v) is 2.56. The Kier molecular flexibility index (Phi) is 4.83. The Hall–Kier alpha value is -1.51. The van der Waals surface area contributed by atoms with E-state index in [0.29, 0.717) is 11.7 Å². The van der Waals surface area contributed by atoms with Crippen molar-refractivity contribution in [1.29, 1.82) is 0 Å². The number of amides is 1. The fraction of sp³-hybridized carbons (Fsp3) is 0.462. The van der Waals surface area contributed by atoms with E-state index in [1.165, 1.54) is 5.56 Å². The van der Waals surface area contributed by atoms with Crippen molar-refractivity contribution in [2.45, 2.75) is 32.6 Å². The Morgan fingerprint density at radius 3 is 2.88 bits per heavy atom. The van der Waals surface area contributed by atoms with E-state index < -0.39 is 6.09 Å². The van der Waals surface area contributed by atoms with Crippen LogP contribution in [0.2, 0.25) is 0 Å². The molecule has 0 unspecified atom stereocenters. The molecular formula is C13H19NO2. The highest BCUT2D eigenvalue weighted by atomic mass is 16.5. The summed E-state index contributed by atoms with van der Waals surface area (Å²) in [6.07, 6.45) is 1.87. The molecule has 1 amide bonds. The zero-order chi connectivity index (χ0) is 12.0. The number of rotatable bonds is 4.